The van der Waals surface area contributed by atoms with Gasteiger partial charge in [-0.15, -0.1) is 0 Å². The molecule has 0 unspecified atom stereocenters. The first kappa shape index (κ1) is 13.7. The summed E-state index contributed by atoms with van der Waals surface area (Å²) in [5, 5.41) is 9.04. The maximum atomic E-state index is 11.0. The number of ether oxygens (including phenoxy) is 1. The summed E-state index contributed by atoms with van der Waals surface area (Å²) in [5.41, 5.74) is 0.0975. The van der Waals surface area contributed by atoms with E-state index in [2.05, 4.69) is 4.98 Å². The molecule has 0 aliphatic rings. The van der Waals surface area contributed by atoms with Crippen LogP contribution in [0, 0.1) is 0 Å². The molecule has 1 rings (SSSR count). The van der Waals surface area contributed by atoms with Crippen molar-refractivity contribution in [2.45, 2.75) is 46.1 Å². The third kappa shape index (κ3) is 3.56. The fourth-order valence-corrected chi connectivity index (χ4v) is 1.38. The number of carboxylic acids is 1. The number of nitrogens with zero attached hydrogens (tertiary/aromatic N) is 1. The van der Waals surface area contributed by atoms with Gasteiger partial charge >= 0.3 is 5.97 Å². The fourth-order valence-electron chi connectivity index (χ4n) is 1.38. The lowest BCUT2D eigenvalue weighted by atomic mass is 9.91. The molecule has 17 heavy (non-hydrogen) atoms. The number of rotatable bonds is 5. The fraction of sp³-hybridized carbons (Fsp3) is 0.667. The molecule has 0 bridgehead atoms. The Morgan fingerprint density at radius 2 is 2.12 bits per heavy atom. The Morgan fingerprint density at radius 1 is 1.47 bits per heavy atom. The molecule has 0 saturated heterocycles. The highest BCUT2D eigenvalue weighted by molar-refractivity contribution is 5.86. The molecule has 0 aliphatic heterocycles. The van der Waals surface area contributed by atoms with Gasteiger partial charge in [0.05, 0.1) is 5.69 Å². The minimum Gasteiger partial charge on any atom is -0.475 e. The predicted octanol–water partition coefficient (Wildman–Crippen LogP) is 2.60. The van der Waals surface area contributed by atoms with Crippen LogP contribution in [0.3, 0.4) is 0 Å². The first-order valence-corrected chi connectivity index (χ1v) is 5.67. The van der Waals surface area contributed by atoms with E-state index in [1.807, 2.05) is 27.7 Å². The Hall–Kier alpha value is -1.36. The molecular weight excluding hydrogens is 222 g/mol. The summed E-state index contributed by atoms with van der Waals surface area (Å²) in [5.74, 6) is -0.863. The van der Waals surface area contributed by atoms with Gasteiger partial charge in [-0.2, -0.15) is 0 Å². The lowest BCUT2D eigenvalue weighted by Crippen LogP contribution is -2.16. The van der Waals surface area contributed by atoms with Crippen LogP contribution < -0.4 is 0 Å². The highest BCUT2D eigenvalue weighted by atomic mass is 16.5. The first-order valence-electron chi connectivity index (χ1n) is 5.67. The quantitative estimate of drug-likeness (QED) is 0.802. The Balaban J connectivity index is 2.93. The van der Waals surface area contributed by atoms with Crippen molar-refractivity contribution in [3.8, 4) is 0 Å². The predicted molar refractivity (Wildman–Crippen MR) is 62.1 cm³/mol. The van der Waals surface area contributed by atoms with E-state index in [9.17, 15) is 4.79 Å². The molecule has 1 aromatic rings. The third-order valence-corrected chi connectivity index (χ3v) is 2.15. The number of carbonyl (C=O) groups is 1. The van der Waals surface area contributed by atoms with Crippen molar-refractivity contribution in [3.05, 3.63) is 17.3 Å². The number of aromatic nitrogens is 1. The second-order valence-corrected chi connectivity index (χ2v) is 4.89. The Bertz CT molecular complexity index is 390. The molecule has 1 N–H and O–H groups in total. The van der Waals surface area contributed by atoms with Crippen LogP contribution in [0.5, 0.6) is 0 Å². The molecule has 1 heterocycles. The highest BCUT2D eigenvalue weighted by Gasteiger charge is 2.28. The van der Waals surface area contributed by atoms with Gasteiger partial charge in [-0.3, -0.25) is 0 Å². The summed E-state index contributed by atoms with van der Waals surface area (Å²) >= 11 is 0. The van der Waals surface area contributed by atoms with Crippen LogP contribution in [0.2, 0.25) is 0 Å². The lowest BCUT2D eigenvalue weighted by molar-refractivity contribution is 0.0643. The zero-order valence-electron chi connectivity index (χ0n) is 10.7. The highest BCUT2D eigenvalue weighted by Crippen LogP contribution is 2.26. The SMILES string of the molecule is CCCOCc1nc(C(C)(C)C)c(C(=O)O)o1. The molecule has 0 amide bonds. The number of carboxylic acid groups (broad SMARTS) is 1. The Labute approximate surface area is 101 Å². The van der Waals surface area contributed by atoms with E-state index in [1.54, 1.807) is 0 Å². The van der Waals surface area contributed by atoms with Crippen molar-refractivity contribution in [2.75, 3.05) is 6.61 Å². The van der Waals surface area contributed by atoms with Gasteiger partial charge in [-0.05, 0) is 6.42 Å². The van der Waals surface area contributed by atoms with Crippen LogP contribution in [0.25, 0.3) is 0 Å². The van der Waals surface area contributed by atoms with E-state index in [0.29, 0.717) is 18.2 Å². The van der Waals surface area contributed by atoms with Crippen molar-refractivity contribution < 1.29 is 19.1 Å². The van der Waals surface area contributed by atoms with Crippen LogP contribution >= 0.6 is 0 Å². The van der Waals surface area contributed by atoms with E-state index >= 15 is 0 Å². The normalized spacial score (nSPS) is 11.8. The van der Waals surface area contributed by atoms with Crippen LogP contribution in [-0.2, 0) is 16.8 Å². The van der Waals surface area contributed by atoms with Crippen molar-refractivity contribution in [1.29, 1.82) is 0 Å². The van der Waals surface area contributed by atoms with Crippen molar-refractivity contribution in [3.63, 3.8) is 0 Å². The largest absolute Gasteiger partial charge is 0.475 e. The molecule has 1 aromatic heterocycles. The van der Waals surface area contributed by atoms with Gasteiger partial charge < -0.3 is 14.3 Å². The zero-order valence-corrected chi connectivity index (χ0v) is 10.7. The van der Waals surface area contributed by atoms with Crippen LogP contribution in [0.4, 0.5) is 0 Å². The first-order chi connectivity index (χ1) is 7.86. The van der Waals surface area contributed by atoms with Gasteiger partial charge in [-0.25, -0.2) is 9.78 Å². The monoisotopic (exact) mass is 241 g/mol. The van der Waals surface area contributed by atoms with Crippen LogP contribution in [-0.4, -0.2) is 22.7 Å². The molecule has 0 aliphatic carbocycles. The van der Waals surface area contributed by atoms with Gasteiger partial charge in [0.15, 0.2) is 0 Å². The topological polar surface area (TPSA) is 72.6 Å². The molecule has 0 saturated carbocycles. The van der Waals surface area contributed by atoms with Gasteiger partial charge in [-0.1, -0.05) is 27.7 Å². The maximum absolute atomic E-state index is 11.0. The minimum absolute atomic E-state index is 0.0902. The van der Waals surface area contributed by atoms with Crippen molar-refractivity contribution in [1.82, 2.24) is 4.98 Å². The van der Waals surface area contributed by atoms with Gasteiger partial charge in [0, 0.05) is 12.0 Å². The summed E-state index contributed by atoms with van der Waals surface area (Å²) in [7, 11) is 0. The van der Waals surface area contributed by atoms with E-state index in [4.69, 9.17) is 14.3 Å². The Kier molecular flexibility index (Phi) is 4.28. The van der Waals surface area contributed by atoms with E-state index in [0.717, 1.165) is 6.42 Å². The molecule has 0 spiro atoms. The van der Waals surface area contributed by atoms with Crippen LogP contribution in [0.1, 0.15) is 56.3 Å². The average Bonchev–Trinajstić information content (AvgIpc) is 2.62. The van der Waals surface area contributed by atoms with Crippen LogP contribution in [0.15, 0.2) is 4.42 Å². The Morgan fingerprint density at radius 3 is 2.53 bits per heavy atom. The molecule has 0 atom stereocenters. The molecule has 0 fully saturated rings. The van der Waals surface area contributed by atoms with Crippen molar-refractivity contribution >= 4 is 5.97 Å². The lowest BCUT2D eigenvalue weighted by Gasteiger charge is -2.14. The minimum atomic E-state index is -1.09. The molecule has 96 valence electrons. The summed E-state index contributed by atoms with van der Waals surface area (Å²) in [4.78, 5) is 15.2. The third-order valence-electron chi connectivity index (χ3n) is 2.15. The summed E-state index contributed by atoms with van der Waals surface area (Å²) < 4.78 is 10.5. The van der Waals surface area contributed by atoms with E-state index in [-0.39, 0.29) is 17.8 Å². The number of hydrogen-bond acceptors (Lipinski definition) is 4. The van der Waals surface area contributed by atoms with Crippen molar-refractivity contribution in [2.24, 2.45) is 0 Å². The maximum Gasteiger partial charge on any atom is 0.373 e. The summed E-state index contributed by atoms with van der Waals surface area (Å²) in [6.45, 7) is 8.51. The van der Waals surface area contributed by atoms with E-state index in [1.165, 1.54) is 0 Å². The standard InChI is InChI=1S/C12H19NO4/c1-5-6-16-7-8-13-10(12(2,3)4)9(17-8)11(14)15/h5-7H2,1-4H3,(H,14,15). The molecule has 5 nitrogen and oxygen atoms in total. The second-order valence-electron chi connectivity index (χ2n) is 4.89. The van der Waals surface area contributed by atoms with Gasteiger partial charge in [0.2, 0.25) is 11.7 Å². The van der Waals surface area contributed by atoms with Gasteiger partial charge in [0.25, 0.3) is 0 Å². The second kappa shape index (κ2) is 5.31. The molecule has 5 heteroatoms. The zero-order chi connectivity index (χ0) is 13.1. The smallest absolute Gasteiger partial charge is 0.373 e. The summed E-state index contributed by atoms with van der Waals surface area (Å²) in [6.07, 6.45) is 0.901. The molecule has 0 aromatic carbocycles. The van der Waals surface area contributed by atoms with E-state index < -0.39 is 5.97 Å². The van der Waals surface area contributed by atoms with Gasteiger partial charge in [0.1, 0.15) is 6.61 Å². The molecule has 0 radical (unpaired) electrons. The average molecular weight is 241 g/mol. The number of hydrogen-bond donors (Lipinski definition) is 1. The number of aromatic carboxylic acids is 1. The molecular formula is C12H19NO4. The number of oxazole rings is 1. The summed E-state index contributed by atoms with van der Waals surface area (Å²) in [6, 6.07) is 0.